The van der Waals surface area contributed by atoms with E-state index in [1.54, 1.807) is 19.1 Å². The molecule has 3 rings (SSSR count). The van der Waals surface area contributed by atoms with Gasteiger partial charge in [-0.1, -0.05) is 101 Å². The van der Waals surface area contributed by atoms with Crippen LogP contribution in [-0.2, 0) is 14.3 Å². The van der Waals surface area contributed by atoms with Crippen molar-refractivity contribution in [3.8, 4) is 0 Å². The number of carbonyl (C=O) groups is 3. The van der Waals surface area contributed by atoms with E-state index in [-0.39, 0.29) is 39.7 Å². The van der Waals surface area contributed by atoms with Crippen LogP contribution in [0.2, 0.25) is 5.02 Å². The number of imide groups is 1. The Hall–Kier alpha value is -4.15. The third-order valence-electron chi connectivity index (χ3n) is 8.78. The summed E-state index contributed by atoms with van der Waals surface area (Å²) in [7, 11) is 0. The molecule has 1 aliphatic heterocycles. The molecule has 0 N–H and O–H groups in total. The van der Waals surface area contributed by atoms with E-state index in [2.05, 4.69) is 42.6 Å². The van der Waals surface area contributed by atoms with E-state index < -0.39 is 17.8 Å². The molecule has 256 valence electrons. The predicted octanol–water partition coefficient (Wildman–Crippen LogP) is 10.3. The fraction of sp³-hybridized carbons (Fsp3) is 0.450. The van der Waals surface area contributed by atoms with Crippen molar-refractivity contribution in [1.82, 2.24) is 0 Å². The first-order chi connectivity index (χ1) is 23.2. The van der Waals surface area contributed by atoms with Gasteiger partial charge in [-0.05, 0) is 81.1 Å². The number of hydrogen-bond acceptors (Lipinski definition) is 5. The van der Waals surface area contributed by atoms with Gasteiger partial charge in [0, 0.05) is 24.4 Å². The Kier molecular flexibility index (Phi) is 15.7. The Morgan fingerprint density at radius 1 is 0.896 bits per heavy atom. The van der Waals surface area contributed by atoms with Gasteiger partial charge in [0.25, 0.3) is 17.5 Å². The Labute approximate surface area is 292 Å². The summed E-state index contributed by atoms with van der Waals surface area (Å²) in [6.07, 6.45) is 17.0. The Balaban J connectivity index is 1.72. The SMILES string of the molecule is [C-]#[N+]C1=C(C)/C(=C/C=C/c2ccc(N(CC)CC)cc2C)C(=O)N(c2cc(C(=O)OCCCCCCCCCCCC)ccc2Cl)C1=O. The molecule has 2 amide bonds. The normalized spacial score (nSPS) is 14.3. The van der Waals surface area contributed by atoms with Crippen LogP contribution in [0.3, 0.4) is 0 Å². The minimum absolute atomic E-state index is 0.0337. The number of rotatable bonds is 18. The number of aryl methyl sites for hydroxylation is 1. The summed E-state index contributed by atoms with van der Waals surface area (Å²) in [6.45, 7) is 19.9. The van der Waals surface area contributed by atoms with E-state index in [1.807, 2.05) is 19.1 Å². The quantitative estimate of drug-likeness (QED) is 0.0518. The van der Waals surface area contributed by atoms with Crippen LogP contribution >= 0.6 is 11.6 Å². The zero-order chi connectivity index (χ0) is 35.1. The molecule has 1 aliphatic rings. The van der Waals surface area contributed by atoms with Gasteiger partial charge in [-0.15, -0.1) is 0 Å². The van der Waals surface area contributed by atoms with Crippen molar-refractivity contribution in [3.63, 3.8) is 0 Å². The molecule has 48 heavy (non-hydrogen) atoms. The van der Waals surface area contributed by atoms with Crippen LogP contribution in [-0.4, -0.2) is 37.5 Å². The minimum atomic E-state index is -0.783. The third kappa shape index (κ3) is 10.2. The summed E-state index contributed by atoms with van der Waals surface area (Å²) < 4.78 is 5.50. The summed E-state index contributed by atoms with van der Waals surface area (Å²) in [6, 6.07) is 10.6. The van der Waals surface area contributed by atoms with Crippen LogP contribution in [0.25, 0.3) is 10.9 Å². The molecule has 0 atom stereocenters. The highest BCUT2D eigenvalue weighted by Gasteiger charge is 2.37. The molecule has 0 aliphatic carbocycles. The van der Waals surface area contributed by atoms with E-state index in [0.717, 1.165) is 54.1 Å². The van der Waals surface area contributed by atoms with Crippen molar-refractivity contribution >= 4 is 46.8 Å². The summed E-state index contributed by atoms with van der Waals surface area (Å²) in [5.74, 6) is -1.96. The molecular formula is C40H50ClN3O4. The minimum Gasteiger partial charge on any atom is -0.462 e. The molecule has 0 spiro atoms. The topological polar surface area (TPSA) is 71.3 Å². The fourth-order valence-electron chi connectivity index (χ4n) is 5.84. The lowest BCUT2D eigenvalue weighted by molar-refractivity contribution is -0.123. The molecule has 7 nitrogen and oxygen atoms in total. The number of unbranched alkanes of at least 4 members (excludes halogenated alkanes) is 9. The largest absolute Gasteiger partial charge is 0.462 e. The molecule has 0 saturated heterocycles. The first-order valence-electron chi connectivity index (χ1n) is 17.4. The molecule has 1 heterocycles. The van der Waals surface area contributed by atoms with Gasteiger partial charge in [0.1, 0.15) is 0 Å². The second-order valence-electron chi connectivity index (χ2n) is 12.2. The van der Waals surface area contributed by atoms with Gasteiger partial charge >= 0.3 is 5.97 Å². The lowest BCUT2D eigenvalue weighted by atomic mass is 9.97. The summed E-state index contributed by atoms with van der Waals surface area (Å²) in [4.78, 5) is 46.8. The van der Waals surface area contributed by atoms with Crippen LogP contribution in [0.4, 0.5) is 11.4 Å². The molecule has 2 aromatic carbocycles. The second kappa shape index (κ2) is 19.6. The zero-order valence-corrected chi connectivity index (χ0v) is 30.0. The van der Waals surface area contributed by atoms with Crippen LogP contribution in [0.15, 0.2) is 65.4 Å². The standard InChI is InChI=1S/C40H50ClN3O4/c1-7-10-11-12-13-14-15-16-17-18-26-48-40(47)32-23-25-35(41)36(28-32)44-38(45)34(30(5)37(42-6)39(44)46)21-19-20-31-22-24-33(27-29(31)4)43(8-2)9-3/h19-25,27-28H,7-18,26H2,1-5H3/b20-19+,34-21-. The Morgan fingerprint density at radius 3 is 2.15 bits per heavy atom. The van der Waals surface area contributed by atoms with Crippen molar-refractivity contribution < 1.29 is 19.1 Å². The number of amides is 2. The van der Waals surface area contributed by atoms with Crippen LogP contribution < -0.4 is 9.80 Å². The number of carbonyl (C=O) groups excluding carboxylic acids is 3. The van der Waals surface area contributed by atoms with E-state index in [4.69, 9.17) is 22.9 Å². The number of allylic oxidation sites excluding steroid dienone is 2. The lowest BCUT2D eigenvalue weighted by Gasteiger charge is -2.28. The number of ether oxygens (including phenoxy) is 1. The number of hydrogen-bond donors (Lipinski definition) is 0. The van der Waals surface area contributed by atoms with Crippen LogP contribution in [0.1, 0.15) is 113 Å². The molecule has 0 bridgehead atoms. The third-order valence-corrected chi connectivity index (χ3v) is 9.10. The van der Waals surface area contributed by atoms with Gasteiger partial charge in [0.15, 0.2) is 0 Å². The average molecular weight is 672 g/mol. The van der Waals surface area contributed by atoms with E-state index in [0.29, 0.717) is 0 Å². The Morgan fingerprint density at radius 2 is 1.54 bits per heavy atom. The molecule has 0 saturated carbocycles. The van der Waals surface area contributed by atoms with Gasteiger partial charge in [-0.3, -0.25) is 14.5 Å². The van der Waals surface area contributed by atoms with Crippen LogP contribution in [0.5, 0.6) is 0 Å². The Bertz CT molecular complexity index is 1580. The van der Waals surface area contributed by atoms with Gasteiger partial charge in [-0.25, -0.2) is 9.64 Å². The monoisotopic (exact) mass is 671 g/mol. The number of anilines is 2. The summed E-state index contributed by atoms with van der Waals surface area (Å²) >= 11 is 6.49. The van der Waals surface area contributed by atoms with Crippen molar-refractivity contribution in [2.45, 2.75) is 98.8 Å². The average Bonchev–Trinajstić information content (AvgIpc) is 3.07. The number of halogens is 1. The molecule has 8 heteroatoms. The molecule has 2 aromatic rings. The summed E-state index contributed by atoms with van der Waals surface area (Å²) in [5.41, 5.74) is 3.72. The number of esters is 1. The van der Waals surface area contributed by atoms with Gasteiger partial charge in [-0.2, -0.15) is 0 Å². The lowest BCUT2D eigenvalue weighted by Crippen LogP contribution is -2.42. The zero-order valence-electron chi connectivity index (χ0n) is 29.2. The molecule has 0 fully saturated rings. The van der Waals surface area contributed by atoms with Crippen molar-refractivity contribution in [2.24, 2.45) is 0 Å². The highest BCUT2D eigenvalue weighted by Crippen LogP contribution is 2.35. The van der Waals surface area contributed by atoms with Gasteiger partial charge in [0.2, 0.25) is 0 Å². The smallest absolute Gasteiger partial charge is 0.338 e. The predicted molar refractivity (Wildman–Crippen MR) is 197 cm³/mol. The maximum atomic E-state index is 13.8. The van der Waals surface area contributed by atoms with Crippen LogP contribution in [0, 0.1) is 13.5 Å². The number of benzene rings is 2. The van der Waals surface area contributed by atoms with Crippen molar-refractivity contribution in [2.75, 3.05) is 29.5 Å². The van der Waals surface area contributed by atoms with Gasteiger partial charge in [0.05, 0.1) is 29.5 Å². The second-order valence-corrected chi connectivity index (χ2v) is 12.6. The van der Waals surface area contributed by atoms with Gasteiger partial charge < -0.3 is 9.64 Å². The maximum absolute atomic E-state index is 13.8. The first kappa shape index (κ1) is 38.3. The molecule has 0 unspecified atom stereocenters. The van der Waals surface area contributed by atoms with E-state index >= 15 is 0 Å². The highest BCUT2D eigenvalue weighted by atomic mass is 35.5. The van der Waals surface area contributed by atoms with E-state index in [1.165, 1.54) is 63.1 Å². The van der Waals surface area contributed by atoms with Crippen molar-refractivity contribution in [1.29, 1.82) is 0 Å². The van der Waals surface area contributed by atoms with E-state index in [9.17, 15) is 14.4 Å². The highest BCUT2D eigenvalue weighted by molar-refractivity contribution is 6.38. The molecule has 0 aromatic heterocycles. The molecule has 0 radical (unpaired) electrons. The fourth-order valence-corrected chi connectivity index (χ4v) is 6.04. The maximum Gasteiger partial charge on any atom is 0.338 e. The first-order valence-corrected chi connectivity index (χ1v) is 17.7. The van der Waals surface area contributed by atoms with Crippen molar-refractivity contribution in [3.05, 3.63) is 98.5 Å². The molecular weight excluding hydrogens is 622 g/mol. The number of nitrogens with zero attached hydrogens (tertiary/aromatic N) is 3. The summed E-state index contributed by atoms with van der Waals surface area (Å²) in [5, 5.41) is 0.102.